The van der Waals surface area contributed by atoms with Gasteiger partial charge in [-0.1, -0.05) is 0 Å². The zero-order chi connectivity index (χ0) is 9.90. The lowest BCUT2D eigenvalue weighted by atomic mass is 9.82. The van der Waals surface area contributed by atoms with E-state index in [-0.39, 0.29) is 12.6 Å². The highest BCUT2D eigenvalue weighted by molar-refractivity contribution is 5.75. The van der Waals surface area contributed by atoms with E-state index in [0.29, 0.717) is 0 Å². The predicted octanol–water partition coefficient (Wildman–Crippen LogP) is 0.476. The molecule has 0 radical (unpaired) electrons. The Labute approximate surface area is 78.3 Å². The first-order valence-electron chi connectivity index (χ1n) is 4.57. The van der Waals surface area contributed by atoms with Crippen LogP contribution >= 0.6 is 0 Å². The van der Waals surface area contributed by atoms with Crippen LogP contribution in [0, 0.1) is 5.41 Å². The van der Waals surface area contributed by atoms with Crippen LogP contribution in [-0.2, 0) is 9.53 Å². The van der Waals surface area contributed by atoms with Crippen molar-refractivity contribution in [2.45, 2.75) is 25.8 Å². The lowest BCUT2D eigenvalue weighted by Gasteiger charge is -2.30. The van der Waals surface area contributed by atoms with Gasteiger partial charge in [0.1, 0.15) is 5.41 Å². The van der Waals surface area contributed by atoms with E-state index >= 15 is 0 Å². The van der Waals surface area contributed by atoms with Gasteiger partial charge in [-0.05, 0) is 26.3 Å². The first-order valence-corrected chi connectivity index (χ1v) is 4.57. The van der Waals surface area contributed by atoms with E-state index in [1.165, 1.54) is 7.11 Å². The number of ether oxygens (including phenoxy) is 1. The van der Waals surface area contributed by atoms with Crippen molar-refractivity contribution in [2.24, 2.45) is 5.41 Å². The topological polar surface area (TPSA) is 58.6 Å². The molecule has 76 valence electrons. The van der Waals surface area contributed by atoms with Crippen molar-refractivity contribution in [3.63, 3.8) is 0 Å². The Morgan fingerprint density at radius 2 is 2.46 bits per heavy atom. The van der Waals surface area contributed by atoms with Gasteiger partial charge in [-0.3, -0.25) is 4.79 Å². The van der Waals surface area contributed by atoms with Crippen LogP contribution < -0.4 is 5.32 Å². The minimum absolute atomic E-state index is 0.0462. The van der Waals surface area contributed by atoms with Crippen LogP contribution in [0.4, 0.5) is 0 Å². The third-order valence-corrected chi connectivity index (χ3v) is 2.76. The molecule has 0 aromatic carbocycles. The second kappa shape index (κ2) is 4.07. The Morgan fingerprint density at radius 1 is 1.77 bits per heavy atom. The molecule has 4 nitrogen and oxygen atoms in total. The van der Waals surface area contributed by atoms with Crippen LogP contribution in [0.25, 0.3) is 0 Å². The maximum atomic E-state index is 11.1. The molecule has 1 rings (SSSR count). The molecule has 4 heteroatoms. The Kier molecular flexibility index (Phi) is 3.27. The summed E-state index contributed by atoms with van der Waals surface area (Å²) in [4.78, 5) is 11.1. The van der Waals surface area contributed by atoms with Gasteiger partial charge in [0.25, 0.3) is 0 Å². The minimum atomic E-state index is -0.786. The summed E-state index contributed by atoms with van der Waals surface area (Å²) in [6, 6.07) is 0.0462. The van der Waals surface area contributed by atoms with Gasteiger partial charge < -0.3 is 15.2 Å². The summed E-state index contributed by atoms with van der Waals surface area (Å²) < 4.78 is 4.96. The molecule has 1 aliphatic rings. The fourth-order valence-electron chi connectivity index (χ4n) is 1.84. The number of aliphatic carboxylic acids is 1. The lowest BCUT2D eigenvalue weighted by molar-refractivity contribution is -0.153. The normalized spacial score (nSPS) is 27.1. The number of carboxylic acid groups (broad SMARTS) is 1. The summed E-state index contributed by atoms with van der Waals surface area (Å²) >= 11 is 0. The monoisotopic (exact) mass is 187 g/mol. The van der Waals surface area contributed by atoms with Crippen molar-refractivity contribution >= 4 is 5.97 Å². The first kappa shape index (κ1) is 10.5. The minimum Gasteiger partial charge on any atom is -0.481 e. The molecule has 1 heterocycles. The zero-order valence-corrected chi connectivity index (χ0v) is 8.17. The zero-order valence-electron chi connectivity index (χ0n) is 8.17. The molecule has 0 bridgehead atoms. The number of rotatable bonds is 4. The Balaban J connectivity index is 2.69. The second-order valence-corrected chi connectivity index (χ2v) is 3.80. The van der Waals surface area contributed by atoms with Crippen molar-refractivity contribution in [1.29, 1.82) is 0 Å². The third-order valence-electron chi connectivity index (χ3n) is 2.76. The quantitative estimate of drug-likeness (QED) is 0.672. The van der Waals surface area contributed by atoms with E-state index in [0.717, 1.165) is 19.4 Å². The highest BCUT2D eigenvalue weighted by atomic mass is 16.5. The SMILES string of the molecule is COCC(C)(C(=O)O)C1CCCN1. The van der Waals surface area contributed by atoms with Crippen molar-refractivity contribution in [3.8, 4) is 0 Å². The van der Waals surface area contributed by atoms with Gasteiger partial charge in [-0.15, -0.1) is 0 Å². The number of hydrogen-bond acceptors (Lipinski definition) is 3. The van der Waals surface area contributed by atoms with Crippen LogP contribution in [0.1, 0.15) is 19.8 Å². The second-order valence-electron chi connectivity index (χ2n) is 3.80. The fraction of sp³-hybridized carbons (Fsp3) is 0.889. The van der Waals surface area contributed by atoms with E-state index in [1.54, 1.807) is 6.92 Å². The molecule has 0 amide bonds. The van der Waals surface area contributed by atoms with Gasteiger partial charge >= 0.3 is 5.97 Å². The number of carbonyl (C=O) groups is 1. The van der Waals surface area contributed by atoms with Crippen molar-refractivity contribution < 1.29 is 14.6 Å². The maximum Gasteiger partial charge on any atom is 0.313 e. The number of hydrogen-bond donors (Lipinski definition) is 2. The molecule has 2 N–H and O–H groups in total. The molecule has 0 aromatic heterocycles. The molecular weight excluding hydrogens is 170 g/mol. The average Bonchev–Trinajstić information content (AvgIpc) is 2.56. The van der Waals surface area contributed by atoms with Crippen molar-refractivity contribution in [1.82, 2.24) is 5.32 Å². The standard InChI is InChI=1S/C9H17NO3/c1-9(6-13-2,8(11)12)7-4-3-5-10-7/h7,10H,3-6H2,1-2H3,(H,11,12). The van der Waals surface area contributed by atoms with Crippen LogP contribution in [0.3, 0.4) is 0 Å². The molecule has 1 aliphatic heterocycles. The maximum absolute atomic E-state index is 11.1. The molecule has 0 spiro atoms. The molecule has 13 heavy (non-hydrogen) atoms. The molecule has 0 aromatic rings. The van der Waals surface area contributed by atoms with Gasteiger partial charge in [0.15, 0.2) is 0 Å². The smallest absolute Gasteiger partial charge is 0.313 e. The van der Waals surface area contributed by atoms with Crippen molar-refractivity contribution in [3.05, 3.63) is 0 Å². The van der Waals surface area contributed by atoms with Crippen LogP contribution in [0.15, 0.2) is 0 Å². The molecule has 0 saturated carbocycles. The summed E-state index contributed by atoms with van der Waals surface area (Å²) in [5.74, 6) is -0.784. The Morgan fingerprint density at radius 3 is 2.85 bits per heavy atom. The Hall–Kier alpha value is -0.610. The van der Waals surface area contributed by atoms with Gasteiger partial charge in [-0.25, -0.2) is 0 Å². The van der Waals surface area contributed by atoms with E-state index in [2.05, 4.69) is 5.32 Å². The molecule has 2 atom stereocenters. The average molecular weight is 187 g/mol. The van der Waals surface area contributed by atoms with Crippen molar-refractivity contribution in [2.75, 3.05) is 20.3 Å². The molecule has 1 fully saturated rings. The van der Waals surface area contributed by atoms with Gasteiger partial charge in [0.05, 0.1) is 6.61 Å². The third kappa shape index (κ3) is 2.00. The molecule has 0 aliphatic carbocycles. The molecule has 1 saturated heterocycles. The van der Waals surface area contributed by atoms with Crippen LogP contribution in [-0.4, -0.2) is 37.4 Å². The summed E-state index contributed by atoms with van der Waals surface area (Å²) in [6.07, 6.45) is 1.98. The highest BCUT2D eigenvalue weighted by Gasteiger charge is 2.42. The fourth-order valence-corrected chi connectivity index (χ4v) is 1.84. The summed E-state index contributed by atoms with van der Waals surface area (Å²) in [5.41, 5.74) is -0.786. The number of methoxy groups -OCH3 is 1. The number of nitrogens with one attached hydrogen (secondary N) is 1. The summed E-state index contributed by atoms with van der Waals surface area (Å²) in [7, 11) is 1.54. The largest absolute Gasteiger partial charge is 0.481 e. The first-order chi connectivity index (χ1) is 6.11. The van der Waals surface area contributed by atoms with E-state index in [9.17, 15) is 4.79 Å². The molecule has 2 unspecified atom stereocenters. The van der Waals surface area contributed by atoms with Gasteiger partial charge in [0, 0.05) is 13.2 Å². The highest BCUT2D eigenvalue weighted by Crippen LogP contribution is 2.28. The number of carboxylic acids is 1. The molecular formula is C9H17NO3. The van der Waals surface area contributed by atoms with E-state index < -0.39 is 11.4 Å². The van der Waals surface area contributed by atoms with Crippen LogP contribution in [0.5, 0.6) is 0 Å². The van der Waals surface area contributed by atoms with Gasteiger partial charge in [0.2, 0.25) is 0 Å². The lowest BCUT2D eigenvalue weighted by Crippen LogP contribution is -2.48. The predicted molar refractivity (Wildman–Crippen MR) is 48.6 cm³/mol. The van der Waals surface area contributed by atoms with E-state index in [4.69, 9.17) is 9.84 Å². The van der Waals surface area contributed by atoms with Gasteiger partial charge in [-0.2, -0.15) is 0 Å². The Bertz CT molecular complexity index is 189. The van der Waals surface area contributed by atoms with Crippen LogP contribution in [0.2, 0.25) is 0 Å². The summed E-state index contributed by atoms with van der Waals surface area (Å²) in [5, 5.41) is 12.3. The summed E-state index contributed by atoms with van der Waals surface area (Å²) in [6.45, 7) is 2.92. The van der Waals surface area contributed by atoms with E-state index in [1.807, 2.05) is 0 Å².